The zero-order valence-electron chi connectivity index (χ0n) is 13.4. The van der Waals surface area contributed by atoms with Crippen molar-refractivity contribution in [2.45, 2.75) is 76.0 Å². The van der Waals surface area contributed by atoms with Crippen molar-refractivity contribution in [3.63, 3.8) is 0 Å². The molecule has 0 aromatic heterocycles. The summed E-state index contributed by atoms with van der Waals surface area (Å²) < 4.78 is 6.27. The third kappa shape index (κ3) is 3.80. The summed E-state index contributed by atoms with van der Waals surface area (Å²) in [4.78, 5) is 2.72. The lowest BCUT2D eigenvalue weighted by molar-refractivity contribution is 0.00284. The van der Waals surface area contributed by atoms with Gasteiger partial charge in [0.25, 0.3) is 0 Å². The first-order chi connectivity index (χ1) is 10.4. The fraction of sp³-hybridized carbons (Fsp3) is 1.00. The largest absolute Gasteiger partial charge is 0.372 e. The van der Waals surface area contributed by atoms with Crippen molar-refractivity contribution < 1.29 is 4.74 Å². The first kappa shape index (κ1) is 14.5. The lowest BCUT2D eigenvalue weighted by atomic mass is 9.75. The summed E-state index contributed by atoms with van der Waals surface area (Å²) in [7, 11) is 0. The Bertz CT molecular complexity index is 344. The van der Waals surface area contributed by atoms with Crippen LogP contribution in [0.1, 0.15) is 57.8 Å². The number of ether oxygens (including phenoxy) is 1. The second-order valence-electron chi connectivity index (χ2n) is 7.99. The van der Waals surface area contributed by atoms with E-state index in [0.29, 0.717) is 12.2 Å². The fourth-order valence-corrected chi connectivity index (χ4v) is 4.78. The van der Waals surface area contributed by atoms with E-state index in [9.17, 15) is 0 Å². The molecule has 0 spiro atoms. The Balaban J connectivity index is 1.19. The zero-order valence-corrected chi connectivity index (χ0v) is 13.4. The molecule has 0 aromatic carbocycles. The summed E-state index contributed by atoms with van der Waals surface area (Å²) in [5.74, 6) is 2.05. The summed E-state index contributed by atoms with van der Waals surface area (Å²) in [5.41, 5.74) is 0. The van der Waals surface area contributed by atoms with Crippen molar-refractivity contribution in [3.8, 4) is 0 Å². The highest BCUT2D eigenvalue weighted by atomic mass is 16.5. The number of nitrogens with one attached hydrogen (secondary N) is 1. The maximum atomic E-state index is 6.27. The lowest BCUT2D eigenvalue weighted by Gasteiger charge is -2.42. The van der Waals surface area contributed by atoms with Gasteiger partial charge in [-0.3, -0.25) is 0 Å². The molecule has 3 heteroatoms. The molecule has 0 bridgehead atoms. The van der Waals surface area contributed by atoms with Crippen LogP contribution < -0.4 is 5.32 Å². The smallest absolute Gasteiger partial charge is 0.0707 e. The van der Waals surface area contributed by atoms with Gasteiger partial charge >= 0.3 is 0 Å². The van der Waals surface area contributed by atoms with Crippen molar-refractivity contribution >= 4 is 0 Å². The minimum Gasteiger partial charge on any atom is -0.372 e. The maximum Gasteiger partial charge on any atom is 0.0707 e. The van der Waals surface area contributed by atoms with Crippen molar-refractivity contribution in [3.05, 3.63) is 0 Å². The minimum atomic E-state index is 0.489. The Morgan fingerprint density at radius 2 is 1.67 bits per heavy atom. The third-order valence-corrected chi connectivity index (χ3v) is 6.24. The Hall–Kier alpha value is -0.120. The molecule has 120 valence electrons. The van der Waals surface area contributed by atoms with Crippen LogP contribution in [0.15, 0.2) is 0 Å². The van der Waals surface area contributed by atoms with E-state index in [0.717, 1.165) is 24.4 Å². The van der Waals surface area contributed by atoms with Gasteiger partial charge in [0.05, 0.1) is 12.2 Å². The molecule has 2 aliphatic heterocycles. The van der Waals surface area contributed by atoms with Gasteiger partial charge in [-0.05, 0) is 56.9 Å². The Morgan fingerprint density at radius 1 is 0.857 bits per heavy atom. The molecule has 0 amide bonds. The number of rotatable bonds is 5. The van der Waals surface area contributed by atoms with Crippen LogP contribution >= 0.6 is 0 Å². The fourth-order valence-electron chi connectivity index (χ4n) is 4.78. The van der Waals surface area contributed by atoms with E-state index in [1.807, 2.05) is 0 Å². The van der Waals surface area contributed by atoms with Gasteiger partial charge in [-0.25, -0.2) is 0 Å². The lowest BCUT2D eigenvalue weighted by Crippen LogP contribution is -2.44. The van der Waals surface area contributed by atoms with Crippen molar-refractivity contribution in [1.29, 1.82) is 0 Å². The van der Waals surface area contributed by atoms with Crippen molar-refractivity contribution in [1.82, 2.24) is 10.2 Å². The van der Waals surface area contributed by atoms with Gasteiger partial charge in [-0.2, -0.15) is 0 Å². The van der Waals surface area contributed by atoms with Crippen LogP contribution in [0.2, 0.25) is 0 Å². The Morgan fingerprint density at radius 3 is 2.52 bits per heavy atom. The molecule has 2 aliphatic carbocycles. The SMILES string of the molecule is C1CCC2CN(CC3CCC(CNC4CC4)O3)CCC2C1. The minimum absolute atomic E-state index is 0.489. The van der Waals surface area contributed by atoms with Gasteiger partial charge in [0.2, 0.25) is 0 Å². The average Bonchev–Trinajstić information content (AvgIpc) is 3.25. The van der Waals surface area contributed by atoms with Crippen LogP contribution in [0.4, 0.5) is 0 Å². The molecule has 3 nitrogen and oxygen atoms in total. The quantitative estimate of drug-likeness (QED) is 0.843. The highest BCUT2D eigenvalue weighted by molar-refractivity contribution is 4.87. The molecule has 4 unspecified atom stereocenters. The number of hydrogen-bond donors (Lipinski definition) is 1. The van der Waals surface area contributed by atoms with E-state index in [4.69, 9.17) is 4.74 Å². The molecule has 0 radical (unpaired) electrons. The predicted octanol–water partition coefficient (Wildman–Crippen LogP) is 2.80. The summed E-state index contributed by atoms with van der Waals surface area (Å²) >= 11 is 0. The highest BCUT2D eigenvalue weighted by Gasteiger charge is 2.34. The molecular formula is C18H32N2O. The number of likely N-dealkylation sites (tertiary alicyclic amines) is 1. The maximum absolute atomic E-state index is 6.27. The summed E-state index contributed by atoms with van der Waals surface area (Å²) in [5, 5.41) is 3.62. The summed E-state index contributed by atoms with van der Waals surface area (Å²) in [6, 6.07) is 0.818. The topological polar surface area (TPSA) is 24.5 Å². The standard InChI is InChI=1S/C18H32N2O/c1-2-4-15-12-20(10-9-14(15)3-1)13-18-8-7-17(21-18)11-19-16-5-6-16/h14-19H,1-13H2. The normalized spacial score (nSPS) is 41.1. The molecule has 2 saturated heterocycles. The van der Waals surface area contributed by atoms with Gasteiger partial charge < -0.3 is 15.0 Å². The molecule has 2 saturated carbocycles. The van der Waals surface area contributed by atoms with Crippen LogP contribution in [0.25, 0.3) is 0 Å². The van der Waals surface area contributed by atoms with Crippen LogP contribution in [-0.2, 0) is 4.74 Å². The second-order valence-corrected chi connectivity index (χ2v) is 7.99. The van der Waals surface area contributed by atoms with Crippen LogP contribution in [-0.4, -0.2) is 49.3 Å². The molecule has 2 heterocycles. The first-order valence-corrected chi connectivity index (χ1v) is 9.48. The van der Waals surface area contributed by atoms with E-state index >= 15 is 0 Å². The monoisotopic (exact) mass is 292 g/mol. The van der Waals surface area contributed by atoms with Crippen LogP contribution in [0.3, 0.4) is 0 Å². The van der Waals surface area contributed by atoms with Crippen LogP contribution in [0, 0.1) is 11.8 Å². The molecule has 4 fully saturated rings. The molecule has 4 aliphatic rings. The van der Waals surface area contributed by atoms with E-state index < -0.39 is 0 Å². The number of fused-ring (bicyclic) bond motifs is 1. The van der Waals surface area contributed by atoms with Gasteiger partial charge in [-0.15, -0.1) is 0 Å². The van der Waals surface area contributed by atoms with Crippen molar-refractivity contribution in [2.75, 3.05) is 26.2 Å². The molecular weight excluding hydrogens is 260 g/mol. The van der Waals surface area contributed by atoms with Gasteiger partial charge in [-0.1, -0.05) is 19.3 Å². The van der Waals surface area contributed by atoms with Gasteiger partial charge in [0, 0.05) is 25.7 Å². The Labute approximate surface area is 129 Å². The van der Waals surface area contributed by atoms with Crippen LogP contribution in [0.5, 0.6) is 0 Å². The summed E-state index contributed by atoms with van der Waals surface area (Å²) in [6.45, 7) is 4.97. The molecule has 1 N–H and O–H groups in total. The molecule has 0 aromatic rings. The predicted molar refractivity (Wildman–Crippen MR) is 85.4 cm³/mol. The molecule has 21 heavy (non-hydrogen) atoms. The van der Waals surface area contributed by atoms with Gasteiger partial charge in [0.1, 0.15) is 0 Å². The Kier molecular flexibility index (Phi) is 4.52. The summed E-state index contributed by atoms with van der Waals surface area (Å²) in [6.07, 6.45) is 13.7. The first-order valence-electron chi connectivity index (χ1n) is 9.48. The van der Waals surface area contributed by atoms with Crippen molar-refractivity contribution in [2.24, 2.45) is 11.8 Å². The third-order valence-electron chi connectivity index (χ3n) is 6.24. The number of nitrogens with zero attached hydrogens (tertiary/aromatic N) is 1. The van der Waals surface area contributed by atoms with E-state index in [1.165, 1.54) is 77.4 Å². The number of hydrogen-bond acceptors (Lipinski definition) is 3. The molecule has 4 atom stereocenters. The average molecular weight is 292 g/mol. The molecule has 4 rings (SSSR count). The van der Waals surface area contributed by atoms with E-state index in [2.05, 4.69) is 10.2 Å². The van der Waals surface area contributed by atoms with Gasteiger partial charge in [0.15, 0.2) is 0 Å². The zero-order chi connectivity index (χ0) is 14.1. The highest BCUT2D eigenvalue weighted by Crippen LogP contribution is 2.36. The second kappa shape index (κ2) is 6.55. The number of piperidine rings is 1. The van der Waals surface area contributed by atoms with E-state index in [-0.39, 0.29) is 0 Å². The van der Waals surface area contributed by atoms with E-state index in [1.54, 1.807) is 0 Å².